The first-order chi connectivity index (χ1) is 13.0. The van der Waals surface area contributed by atoms with Crippen LogP contribution in [-0.4, -0.2) is 35.6 Å². The molecule has 6 nitrogen and oxygen atoms in total. The third kappa shape index (κ3) is 3.87. The van der Waals surface area contributed by atoms with E-state index in [4.69, 9.17) is 10.7 Å². The Labute approximate surface area is 161 Å². The molecule has 1 fully saturated rings. The molecule has 0 spiro atoms. The Hall–Kier alpha value is -2.31. The van der Waals surface area contributed by atoms with Crippen molar-refractivity contribution in [2.45, 2.75) is 44.8 Å². The summed E-state index contributed by atoms with van der Waals surface area (Å²) in [5.41, 5.74) is 11.8. The highest BCUT2D eigenvalue weighted by molar-refractivity contribution is 6.02. The minimum atomic E-state index is -0.766. The molecule has 2 unspecified atom stereocenters. The van der Waals surface area contributed by atoms with E-state index in [9.17, 15) is 0 Å². The average Bonchev–Trinajstić information content (AvgIpc) is 3.07. The molecule has 2 atom stereocenters. The predicted octanol–water partition coefficient (Wildman–Crippen LogP) is 1.84. The summed E-state index contributed by atoms with van der Waals surface area (Å²) in [6, 6.07) is 10.7. The molecule has 3 heterocycles. The molecular formula is C21H30N6. The summed E-state index contributed by atoms with van der Waals surface area (Å²) in [6.07, 6.45) is 7.14. The molecule has 6 heteroatoms. The van der Waals surface area contributed by atoms with Gasteiger partial charge in [0.25, 0.3) is 0 Å². The van der Waals surface area contributed by atoms with Gasteiger partial charge in [-0.15, -0.1) is 0 Å². The van der Waals surface area contributed by atoms with E-state index in [0.29, 0.717) is 18.4 Å². The highest BCUT2D eigenvalue weighted by Crippen LogP contribution is 2.29. The van der Waals surface area contributed by atoms with Gasteiger partial charge in [-0.2, -0.15) is 0 Å². The molecular weight excluding hydrogens is 336 g/mol. The van der Waals surface area contributed by atoms with Crippen LogP contribution in [-0.2, 0) is 6.42 Å². The van der Waals surface area contributed by atoms with Crippen molar-refractivity contribution in [2.75, 3.05) is 13.1 Å². The van der Waals surface area contributed by atoms with Crippen molar-refractivity contribution in [3.63, 3.8) is 0 Å². The number of benzene rings is 1. The van der Waals surface area contributed by atoms with Crippen LogP contribution in [0.5, 0.6) is 0 Å². The SMILES string of the molecule is CC(C)C1=CNN2C(NC3CCCNC3)=CC(N)(Cc3ccccc3)N=C12. The summed E-state index contributed by atoms with van der Waals surface area (Å²) < 4.78 is 0. The molecule has 1 aromatic rings. The molecule has 0 aliphatic carbocycles. The van der Waals surface area contributed by atoms with Crippen molar-refractivity contribution in [3.05, 3.63) is 59.6 Å². The number of nitrogens with zero attached hydrogens (tertiary/aromatic N) is 2. The minimum absolute atomic E-state index is 0.373. The van der Waals surface area contributed by atoms with Gasteiger partial charge in [0.15, 0.2) is 5.84 Å². The summed E-state index contributed by atoms with van der Waals surface area (Å²) in [5, 5.41) is 9.21. The van der Waals surface area contributed by atoms with Gasteiger partial charge in [0, 0.05) is 36.9 Å². The second-order valence-electron chi connectivity index (χ2n) is 8.03. The molecule has 27 heavy (non-hydrogen) atoms. The summed E-state index contributed by atoms with van der Waals surface area (Å²) in [6.45, 7) is 6.44. The molecule has 3 aliphatic rings. The van der Waals surface area contributed by atoms with Gasteiger partial charge in [-0.25, -0.2) is 10.0 Å². The number of hydrogen-bond acceptors (Lipinski definition) is 6. The molecule has 1 saturated heterocycles. The number of piperidine rings is 1. The first kappa shape index (κ1) is 18.1. The lowest BCUT2D eigenvalue weighted by Gasteiger charge is -2.37. The maximum absolute atomic E-state index is 6.80. The smallest absolute Gasteiger partial charge is 0.156 e. The summed E-state index contributed by atoms with van der Waals surface area (Å²) in [5.74, 6) is 2.30. The average molecular weight is 367 g/mol. The molecule has 1 aromatic carbocycles. The van der Waals surface area contributed by atoms with Gasteiger partial charge in [0.05, 0.1) is 0 Å². The highest BCUT2D eigenvalue weighted by Gasteiger charge is 2.37. The predicted molar refractivity (Wildman–Crippen MR) is 110 cm³/mol. The second kappa shape index (κ2) is 7.37. The zero-order valence-electron chi connectivity index (χ0n) is 16.2. The molecule has 0 radical (unpaired) electrons. The largest absolute Gasteiger partial charge is 0.366 e. The van der Waals surface area contributed by atoms with Crippen LogP contribution in [0, 0.1) is 5.92 Å². The topological polar surface area (TPSA) is 77.7 Å². The lowest BCUT2D eigenvalue weighted by atomic mass is 9.97. The van der Waals surface area contributed by atoms with Crippen molar-refractivity contribution < 1.29 is 0 Å². The van der Waals surface area contributed by atoms with Crippen molar-refractivity contribution in [1.82, 2.24) is 21.1 Å². The van der Waals surface area contributed by atoms with Crippen LogP contribution >= 0.6 is 0 Å². The van der Waals surface area contributed by atoms with Crippen molar-refractivity contribution in [3.8, 4) is 0 Å². The molecule has 0 aromatic heterocycles. The summed E-state index contributed by atoms with van der Waals surface area (Å²) in [7, 11) is 0. The van der Waals surface area contributed by atoms with E-state index in [1.165, 1.54) is 17.6 Å². The standard InChI is InChI=1S/C21H30N6/c1-15(2)18-14-24-27-19(25-17-9-6-10-23-13-17)12-21(22,26-20(18)27)11-16-7-4-3-5-8-16/h3-5,7-8,12,14-15,17,23-25H,6,9-11,13,22H2,1-2H3. The Balaban J connectivity index is 1.64. The van der Waals surface area contributed by atoms with E-state index < -0.39 is 5.66 Å². The number of hydrogen-bond donors (Lipinski definition) is 4. The maximum Gasteiger partial charge on any atom is 0.156 e. The molecule has 5 N–H and O–H groups in total. The lowest BCUT2D eigenvalue weighted by molar-refractivity contribution is 0.333. The summed E-state index contributed by atoms with van der Waals surface area (Å²) >= 11 is 0. The molecule has 4 rings (SSSR count). The van der Waals surface area contributed by atoms with Crippen LogP contribution in [0.2, 0.25) is 0 Å². The molecule has 0 amide bonds. The van der Waals surface area contributed by atoms with E-state index in [1.54, 1.807) is 0 Å². The number of rotatable bonds is 5. The normalized spacial score (nSPS) is 27.5. The number of fused-ring (bicyclic) bond motifs is 1. The Morgan fingerprint density at radius 2 is 2.15 bits per heavy atom. The van der Waals surface area contributed by atoms with Gasteiger partial charge < -0.3 is 16.4 Å². The number of amidine groups is 1. The van der Waals surface area contributed by atoms with Crippen LogP contribution in [0.3, 0.4) is 0 Å². The third-order valence-corrected chi connectivity index (χ3v) is 5.36. The van der Waals surface area contributed by atoms with Gasteiger partial charge in [0.1, 0.15) is 11.5 Å². The van der Waals surface area contributed by atoms with Crippen molar-refractivity contribution in [2.24, 2.45) is 16.6 Å². The Kier molecular flexibility index (Phi) is 4.93. The molecule has 144 valence electrons. The van der Waals surface area contributed by atoms with Crippen LogP contribution in [0.4, 0.5) is 0 Å². The van der Waals surface area contributed by atoms with Crippen LogP contribution in [0.25, 0.3) is 0 Å². The molecule has 3 aliphatic heterocycles. The Morgan fingerprint density at radius 1 is 1.33 bits per heavy atom. The fourth-order valence-corrected chi connectivity index (χ4v) is 3.95. The lowest BCUT2D eigenvalue weighted by Crippen LogP contribution is -2.54. The van der Waals surface area contributed by atoms with Gasteiger partial charge in [-0.3, -0.25) is 5.43 Å². The Bertz CT molecular complexity index is 760. The van der Waals surface area contributed by atoms with Crippen molar-refractivity contribution >= 4 is 5.84 Å². The van der Waals surface area contributed by atoms with E-state index in [0.717, 1.165) is 31.2 Å². The number of nitrogens with two attached hydrogens (primary N) is 1. The molecule has 0 bridgehead atoms. The quantitative estimate of drug-likeness (QED) is 0.640. The zero-order chi connectivity index (χ0) is 18.9. The van der Waals surface area contributed by atoms with Crippen molar-refractivity contribution in [1.29, 1.82) is 0 Å². The maximum atomic E-state index is 6.80. The minimum Gasteiger partial charge on any atom is -0.366 e. The van der Waals surface area contributed by atoms with E-state index in [-0.39, 0.29) is 0 Å². The number of nitrogens with one attached hydrogen (secondary N) is 3. The second-order valence-corrected chi connectivity index (χ2v) is 8.03. The van der Waals surface area contributed by atoms with E-state index in [2.05, 4.69) is 48.1 Å². The fraction of sp³-hybridized carbons (Fsp3) is 0.476. The Morgan fingerprint density at radius 3 is 2.85 bits per heavy atom. The monoisotopic (exact) mass is 366 g/mol. The van der Waals surface area contributed by atoms with E-state index >= 15 is 0 Å². The van der Waals surface area contributed by atoms with E-state index in [1.807, 2.05) is 29.4 Å². The van der Waals surface area contributed by atoms with Gasteiger partial charge in [-0.1, -0.05) is 44.2 Å². The number of aliphatic imine (C=N–C) groups is 1. The zero-order valence-corrected chi connectivity index (χ0v) is 16.2. The first-order valence-corrected chi connectivity index (χ1v) is 9.93. The van der Waals surface area contributed by atoms with Gasteiger partial charge in [-0.05, 0) is 30.9 Å². The number of hydrazine groups is 1. The summed E-state index contributed by atoms with van der Waals surface area (Å²) in [4.78, 5) is 4.97. The molecule has 0 saturated carbocycles. The van der Waals surface area contributed by atoms with Crippen LogP contribution in [0.1, 0.15) is 32.3 Å². The van der Waals surface area contributed by atoms with Crippen LogP contribution in [0.15, 0.2) is 59.0 Å². The third-order valence-electron chi connectivity index (χ3n) is 5.36. The first-order valence-electron chi connectivity index (χ1n) is 9.93. The van der Waals surface area contributed by atoms with Gasteiger partial charge in [0.2, 0.25) is 0 Å². The van der Waals surface area contributed by atoms with Crippen LogP contribution < -0.4 is 21.8 Å². The van der Waals surface area contributed by atoms with Gasteiger partial charge >= 0.3 is 0 Å². The highest BCUT2D eigenvalue weighted by atomic mass is 15.6. The fourth-order valence-electron chi connectivity index (χ4n) is 3.95.